The van der Waals surface area contributed by atoms with Crippen LogP contribution in [-0.4, -0.2) is 47.8 Å². The van der Waals surface area contributed by atoms with Gasteiger partial charge in [-0.2, -0.15) is 0 Å². The monoisotopic (exact) mass is 541 g/mol. The predicted octanol–water partition coefficient (Wildman–Crippen LogP) is 5.32. The minimum atomic E-state index is -1.72. The number of fused-ring (bicyclic) bond motifs is 1. The van der Waals surface area contributed by atoms with E-state index in [1.807, 2.05) is 18.7 Å². The number of rotatable bonds is 8. The number of anilines is 1. The molecule has 7 nitrogen and oxygen atoms in total. The molecule has 4 rings (SSSR count). The van der Waals surface area contributed by atoms with E-state index < -0.39 is 23.1 Å². The van der Waals surface area contributed by atoms with E-state index in [0.717, 1.165) is 43.9 Å². The fourth-order valence-corrected chi connectivity index (χ4v) is 5.57. The number of carbonyl (C=O) groups is 3. The van der Waals surface area contributed by atoms with Crippen LogP contribution < -0.4 is 15.0 Å². The van der Waals surface area contributed by atoms with E-state index in [0.29, 0.717) is 23.4 Å². The van der Waals surface area contributed by atoms with E-state index >= 15 is 0 Å². The van der Waals surface area contributed by atoms with Crippen LogP contribution in [0.4, 0.5) is 14.5 Å². The molecule has 1 atom stereocenters. The molecule has 2 aromatic rings. The van der Waals surface area contributed by atoms with Crippen LogP contribution in [0, 0.1) is 11.6 Å². The van der Waals surface area contributed by atoms with Gasteiger partial charge in [0.05, 0.1) is 5.69 Å². The van der Waals surface area contributed by atoms with Gasteiger partial charge in [-0.3, -0.25) is 14.4 Å². The van der Waals surface area contributed by atoms with Gasteiger partial charge in [0.1, 0.15) is 17.4 Å². The molecule has 0 bridgehead atoms. The van der Waals surface area contributed by atoms with Crippen molar-refractivity contribution >= 4 is 23.4 Å². The summed E-state index contributed by atoms with van der Waals surface area (Å²) in [6.07, 6.45) is 5.56. The maximum Gasteiger partial charge on any atom is 0.275 e. The Kier molecular flexibility index (Phi) is 8.57. The van der Waals surface area contributed by atoms with Crippen molar-refractivity contribution in [3.05, 3.63) is 59.2 Å². The van der Waals surface area contributed by atoms with Crippen LogP contribution >= 0.6 is 0 Å². The molecule has 0 radical (unpaired) electrons. The van der Waals surface area contributed by atoms with Crippen molar-refractivity contribution in [2.24, 2.45) is 0 Å². The molecule has 3 amide bonds. The molecule has 0 spiro atoms. The quantitative estimate of drug-likeness (QED) is 0.491. The molecular formula is C30H37F2N3O4. The Labute approximate surface area is 228 Å². The molecule has 1 aliphatic heterocycles. The lowest BCUT2D eigenvalue weighted by Crippen LogP contribution is -2.54. The van der Waals surface area contributed by atoms with E-state index in [1.54, 1.807) is 25.1 Å². The van der Waals surface area contributed by atoms with Gasteiger partial charge < -0.3 is 19.9 Å². The first-order chi connectivity index (χ1) is 18.5. The summed E-state index contributed by atoms with van der Waals surface area (Å²) >= 11 is 0. The van der Waals surface area contributed by atoms with Crippen molar-refractivity contribution in [1.82, 2.24) is 10.2 Å². The maximum atomic E-state index is 14.1. The highest BCUT2D eigenvalue weighted by atomic mass is 19.1. The number of benzene rings is 2. The Bertz CT molecular complexity index is 1220. The third kappa shape index (κ3) is 5.92. The highest BCUT2D eigenvalue weighted by molar-refractivity contribution is 6.05. The third-order valence-electron chi connectivity index (χ3n) is 7.62. The number of amides is 3. The Balaban J connectivity index is 1.73. The lowest BCUT2D eigenvalue weighted by atomic mass is 9.91. The summed E-state index contributed by atoms with van der Waals surface area (Å²) in [7, 11) is 0. The predicted molar refractivity (Wildman–Crippen MR) is 145 cm³/mol. The molecule has 210 valence electrons. The molecule has 2 aliphatic rings. The molecule has 1 heterocycles. The molecule has 0 saturated heterocycles. The molecule has 9 heteroatoms. The SMILES string of the molecule is CCC(=O)NCCN1C(=O)C(C)(c2cc(F)cc(F)c2)Oc2ccc(C(=O)N(C(C)C)C3CCCCC3)cc21. The van der Waals surface area contributed by atoms with Crippen LogP contribution in [0.5, 0.6) is 5.75 Å². The maximum absolute atomic E-state index is 14.1. The summed E-state index contributed by atoms with van der Waals surface area (Å²) in [5.41, 5.74) is -0.894. The second-order valence-corrected chi connectivity index (χ2v) is 10.7. The van der Waals surface area contributed by atoms with E-state index in [-0.39, 0.29) is 42.6 Å². The molecule has 1 N–H and O–H groups in total. The number of hydrogen-bond acceptors (Lipinski definition) is 4. The molecule has 39 heavy (non-hydrogen) atoms. The summed E-state index contributed by atoms with van der Waals surface area (Å²) in [4.78, 5) is 42.9. The Morgan fingerprint density at radius 1 is 1.10 bits per heavy atom. The van der Waals surface area contributed by atoms with Crippen LogP contribution in [0.15, 0.2) is 36.4 Å². The molecule has 1 fully saturated rings. The second kappa shape index (κ2) is 11.7. The van der Waals surface area contributed by atoms with Gasteiger partial charge in [0.2, 0.25) is 11.5 Å². The largest absolute Gasteiger partial charge is 0.471 e. The molecule has 2 aromatic carbocycles. The molecule has 1 saturated carbocycles. The van der Waals surface area contributed by atoms with Gasteiger partial charge >= 0.3 is 0 Å². The Morgan fingerprint density at radius 3 is 2.38 bits per heavy atom. The van der Waals surface area contributed by atoms with E-state index in [1.165, 1.54) is 18.2 Å². The smallest absolute Gasteiger partial charge is 0.275 e. The summed E-state index contributed by atoms with van der Waals surface area (Å²) in [5.74, 6) is -2.20. The van der Waals surface area contributed by atoms with Crippen LogP contribution in [0.25, 0.3) is 0 Å². The van der Waals surface area contributed by atoms with Crippen molar-refractivity contribution < 1.29 is 27.9 Å². The van der Waals surface area contributed by atoms with Crippen LogP contribution in [0.1, 0.15) is 82.1 Å². The first kappa shape index (κ1) is 28.5. The van der Waals surface area contributed by atoms with Crippen LogP contribution in [0.3, 0.4) is 0 Å². The van der Waals surface area contributed by atoms with Crippen molar-refractivity contribution in [3.63, 3.8) is 0 Å². The minimum absolute atomic E-state index is 0.000962. The molecule has 1 unspecified atom stereocenters. The lowest BCUT2D eigenvalue weighted by molar-refractivity contribution is -0.135. The molecule has 1 aliphatic carbocycles. The number of ether oxygens (including phenoxy) is 1. The average Bonchev–Trinajstić information content (AvgIpc) is 2.90. The number of nitrogens with zero attached hydrogens (tertiary/aromatic N) is 2. The van der Waals surface area contributed by atoms with Gasteiger partial charge in [0, 0.05) is 48.8 Å². The van der Waals surface area contributed by atoms with Gasteiger partial charge in [-0.05, 0) is 63.9 Å². The highest BCUT2D eigenvalue weighted by Gasteiger charge is 2.47. The van der Waals surface area contributed by atoms with Crippen LogP contribution in [-0.2, 0) is 15.2 Å². The van der Waals surface area contributed by atoms with Crippen molar-refractivity contribution in [3.8, 4) is 5.75 Å². The molecule has 0 aromatic heterocycles. The average molecular weight is 542 g/mol. The first-order valence-corrected chi connectivity index (χ1v) is 13.8. The van der Waals surface area contributed by atoms with Crippen molar-refractivity contribution in [2.45, 2.75) is 83.9 Å². The molecular weight excluding hydrogens is 504 g/mol. The highest BCUT2D eigenvalue weighted by Crippen LogP contribution is 2.43. The van der Waals surface area contributed by atoms with E-state index in [4.69, 9.17) is 4.74 Å². The summed E-state index contributed by atoms with van der Waals surface area (Å²) in [6.45, 7) is 7.44. The van der Waals surface area contributed by atoms with Crippen molar-refractivity contribution in [1.29, 1.82) is 0 Å². The zero-order valence-electron chi connectivity index (χ0n) is 23.1. The Hall–Kier alpha value is -3.49. The number of carbonyl (C=O) groups excluding carboxylic acids is 3. The minimum Gasteiger partial charge on any atom is -0.471 e. The second-order valence-electron chi connectivity index (χ2n) is 10.7. The normalized spacial score (nSPS) is 19.5. The number of halogens is 2. The Morgan fingerprint density at radius 2 is 1.77 bits per heavy atom. The summed E-state index contributed by atoms with van der Waals surface area (Å²) in [5, 5.41) is 2.76. The zero-order chi connectivity index (χ0) is 28.3. The topological polar surface area (TPSA) is 79.0 Å². The van der Waals surface area contributed by atoms with Gasteiger partial charge in [-0.1, -0.05) is 26.2 Å². The fourth-order valence-electron chi connectivity index (χ4n) is 5.57. The third-order valence-corrected chi connectivity index (χ3v) is 7.62. The van der Waals surface area contributed by atoms with Gasteiger partial charge in [0.25, 0.3) is 11.8 Å². The number of nitrogens with one attached hydrogen (secondary N) is 1. The van der Waals surface area contributed by atoms with E-state index in [9.17, 15) is 23.2 Å². The van der Waals surface area contributed by atoms with E-state index in [2.05, 4.69) is 5.32 Å². The lowest BCUT2D eigenvalue weighted by Gasteiger charge is -2.41. The number of hydrogen-bond donors (Lipinski definition) is 1. The van der Waals surface area contributed by atoms with Gasteiger partial charge in [-0.25, -0.2) is 8.78 Å². The fraction of sp³-hybridized carbons (Fsp3) is 0.500. The zero-order valence-corrected chi connectivity index (χ0v) is 23.1. The van der Waals surface area contributed by atoms with Gasteiger partial charge in [-0.15, -0.1) is 0 Å². The first-order valence-electron chi connectivity index (χ1n) is 13.8. The standard InChI is InChI=1S/C30H37F2N3O4/c1-5-27(36)33-13-14-34-25-15-20(28(37)35(19(2)3)24-9-7-6-8-10-24)11-12-26(25)39-30(4,29(34)38)21-16-22(31)18-23(32)17-21/h11-12,15-19,24H,5-10,13-14H2,1-4H3,(H,33,36). The van der Waals surface area contributed by atoms with Crippen LogP contribution in [0.2, 0.25) is 0 Å². The van der Waals surface area contributed by atoms with Gasteiger partial charge in [0.15, 0.2) is 0 Å². The van der Waals surface area contributed by atoms with Crippen molar-refractivity contribution in [2.75, 3.05) is 18.0 Å². The summed E-state index contributed by atoms with van der Waals surface area (Å²) in [6, 6.07) is 7.97. The summed E-state index contributed by atoms with van der Waals surface area (Å²) < 4.78 is 34.4.